The highest BCUT2D eigenvalue weighted by Gasteiger charge is 2.10. The number of hydrogen-bond acceptors (Lipinski definition) is 2. The molecule has 1 aromatic rings. The molecule has 0 bridgehead atoms. The first-order chi connectivity index (χ1) is 8.41. The van der Waals surface area contributed by atoms with E-state index in [9.17, 15) is 4.21 Å². The molecule has 0 aliphatic heterocycles. The van der Waals surface area contributed by atoms with Crippen LogP contribution in [0, 0.1) is 0 Å². The van der Waals surface area contributed by atoms with Crippen molar-refractivity contribution < 1.29 is 4.21 Å². The third-order valence-corrected chi connectivity index (χ3v) is 5.55. The molecule has 0 saturated heterocycles. The second-order valence-corrected chi connectivity index (χ2v) is 8.01. The molecule has 0 fully saturated rings. The molecule has 5 heteroatoms. The summed E-state index contributed by atoms with van der Waals surface area (Å²) < 4.78 is 13.4. The van der Waals surface area contributed by atoms with E-state index < -0.39 is 10.8 Å². The van der Waals surface area contributed by atoms with Crippen LogP contribution in [0.2, 0.25) is 0 Å². The molecule has 3 atom stereocenters. The van der Waals surface area contributed by atoms with Crippen molar-refractivity contribution in [2.24, 2.45) is 0 Å². The summed E-state index contributed by atoms with van der Waals surface area (Å²) in [6.07, 6.45) is 2.70. The van der Waals surface area contributed by atoms with Crippen molar-refractivity contribution in [2.75, 3.05) is 12.8 Å². The van der Waals surface area contributed by atoms with Gasteiger partial charge in [-0.2, -0.15) is 0 Å². The summed E-state index contributed by atoms with van der Waals surface area (Å²) in [6.45, 7) is 5.05. The van der Waals surface area contributed by atoms with Crippen molar-refractivity contribution in [3.63, 3.8) is 0 Å². The highest BCUT2D eigenvalue weighted by atomic mass is 79.9. The van der Waals surface area contributed by atoms with Crippen LogP contribution in [0.3, 0.4) is 0 Å². The zero-order valence-electron chi connectivity index (χ0n) is 10.9. The molecule has 102 valence electrons. The van der Waals surface area contributed by atoms with Crippen molar-refractivity contribution in [1.29, 1.82) is 0 Å². The lowest BCUT2D eigenvalue weighted by atomic mass is 10.1. The van der Waals surface area contributed by atoms with Crippen LogP contribution in [-0.2, 0) is 10.8 Å². The summed E-state index contributed by atoms with van der Waals surface area (Å²) in [6, 6.07) is 6.48. The molecule has 0 amide bonds. The molecule has 0 heterocycles. The Balaban J connectivity index is 2.50. The van der Waals surface area contributed by atoms with E-state index in [1.54, 1.807) is 6.26 Å². The first-order valence-corrected chi connectivity index (χ1v) is 9.13. The van der Waals surface area contributed by atoms with E-state index in [-0.39, 0.29) is 11.3 Å². The first-order valence-electron chi connectivity index (χ1n) is 5.92. The fraction of sp³-hybridized carbons (Fsp3) is 0.538. The molecule has 2 nitrogen and oxygen atoms in total. The maximum Gasteiger partial charge on any atom is 0.0329 e. The van der Waals surface area contributed by atoms with E-state index in [1.807, 2.05) is 13.0 Å². The summed E-state index contributed by atoms with van der Waals surface area (Å²) >= 11 is 7.02. The van der Waals surface area contributed by atoms with E-state index >= 15 is 0 Å². The Labute approximate surface area is 129 Å². The van der Waals surface area contributed by atoms with Crippen LogP contribution in [0.4, 0.5) is 0 Å². The van der Waals surface area contributed by atoms with Crippen LogP contribution in [0.1, 0.15) is 31.9 Å². The molecule has 0 aliphatic carbocycles. The molecule has 18 heavy (non-hydrogen) atoms. The molecule has 0 saturated carbocycles. The smallest absolute Gasteiger partial charge is 0.0329 e. The molecule has 1 aromatic carbocycles. The van der Waals surface area contributed by atoms with Crippen LogP contribution in [0.25, 0.3) is 0 Å². The van der Waals surface area contributed by atoms with Gasteiger partial charge in [0.2, 0.25) is 0 Å². The highest BCUT2D eigenvalue weighted by Crippen LogP contribution is 2.26. The van der Waals surface area contributed by atoms with Crippen LogP contribution < -0.4 is 5.32 Å². The minimum absolute atomic E-state index is 0.248. The second kappa shape index (κ2) is 7.78. The number of benzene rings is 1. The first kappa shape index (κ1) is 16.3. The maximum atomic E-state index is 11.3. The topological polar surface area (TPSA) is 29.1 Å². The summed E-state index contributed by atoms with van der Waals surface area (Å²) in [7, 11) is -0.732. The quantitative estimate of drug-likeness (QED) is 0.786. The molecular formula is C13H19Br2NOS. The van der Waals surface area contributed by atoms with Gasteiger partial charge in [0.15, 0.2) is 0 Å². The van der Waals surface area contributed by atoms with Crippen molar-refractivity contribution in [2.45, 2.75) is 31.6 Å². The average molecular weight is 397 g/mol. The van der Waals surface area contributed by atoms with Gasteiger partial charge in [0, 0.05) is 37.3 Å². The summed E-state index contributed by atoms with van der Waals surface area (Å²) in [5, 5.41) is 3.71. The predicted octanol–water partition coefficient (Wildman–Crippen LogP) is 4.02. The average Bonchev–Trinajstić information content (AvgIpc) is 2.28. The van der Waals surface area contributed by atoms with E-state index in [2.05, 4.69) is 56.2 Å². The van der Waals surface area contributed by atoms with Crippen molar-refractivity contribution >= 4 is 42.7 Å². The number of hydrogen-bond donors (Lipinski definition) is 1. The molecule has 0 radical (unpaired) electrons. The third-order valence-electron chi connectivity index (χ3n) is 3.00. The third kappa shape index (κ3) is 5.11. The van der Waals surface area contributed by atoms with Gasteiger partial charge in [0.25, 0.3) is 0 Å². The molecule has 1 rings (SSSR count). The van der Waals surface area contributed by atoms with Gasteiger partial charge < -0.3 is 5.32 Å². The van der Waals surface area contributed by atoms with Gasteiger partial charge in [-0.15, -0.1) is 0 Å². The van der Waals surface area contributed by atoms with Crippen LogP contribution in [0.5, 0.6) is 0 Å². The second-order valence-electron chi connectivity index (χ2n) is 4.44. The van der Waals surface area contributed by atoms with Gasteiger partial charge >= 0.3 is 0 Å². The SMILES string of the molecule is CC(NCCC(C)S(C)=O)c1ccc(Br)cc1Br. The Morgan fingerprint density at radius 2 is 2.00 bits per heavy atom. The zero-order valence-corrected chi connectivity index (χ0v) is 14.9. The Morgan fingerprint density at radius 1 is 1.33 bits per heavy atom. The Kier molecular flexibility index (Phi) is 7.06. The largest absolute Gasteiger partial charge is 0.310 e. The number of nitrogens with one attached hydrogen (secondary N) is 1. The van der Waals surface area contributed by atoms with E-state index in [0.717, 1.165) is 21.9 Å². The molecule has 0 aliphatic rings. The fourth-order valence-corrected chi connectivity index (χ4v) is 3.47. The highest BCUT2D eigenvalue weighted by molar-refractivity contribution is 9.11. The number of rotatable bonds is 6. The lowest BCUT2D eigenvalue weighted by Gasteiger charge is -2.17. The minimum Gasteiger partial charge on any atom is -0.310 e. The zero-order chi connectivity index (χ0) is 13.7. The summed E-state index contributed by atoms with van der Waals surface area (Å²) in [4.78, 5) is 0. The molecular weight excluding hydrogens is 378 g/mol. The molecule has 0 spiro atoms. The fourth-order valence-electron chi connectivity index (χ4n) is 1.63. The Morgan fingerprint density at radius 3 is 2.56 bits per heavy atom. The standard InChI is InChI=1S/C13H19Br2NOS/c1-9(18(3)17)6-7-16-10(2)12-5-4-11(14)8-13(12)15/h4-5,8-10,16H,6-7H2,1-3H3. The van der Waals surface area contributed by atoms with E-state index in [4.69, 9.17) is 0 Å². The lowest BCUT2D eigenvalue weighted by Crippen LogP contribution is -2.24. The van der Waals surface area contributed by atoms with E-state index in [1.165, 1.54) is 5.56 Å². The lowest BCUT2D eigenvalue weighted by molar-refractivity contribution is 0.552. The van der Waals surface area contributed by atoms with Gasteiger partial charge in [0.1, 0.15) is 0 Å². The predicted molar refractivity (Wildman–Crippen MR) is 86.4 cm³/mol. The van der Waals surface area contributed by atoms with Crippen LogP contribution in [0.15, 0.2) is 27.1 Å². The Bertz CT molecular complexity index is 425. The van der Waals surface area contributed by atoms with E-state index in [0.29, 0.717) is 0 Å². The van der Waals surface area contributed by atoms with Gasteiger partial charge in [-0.25, -0.2) is 0 Å². The van der Waals surface area contributed by atoms with Gasteiger partial charge in [-0.3, -0.25) is 4.21 Å². The summed E-state index contributed by atoms with van der Waals surface area (Å²) in [5.41, 5.74) is 1.24. The van der Waals surface area contributed by atoms with Gasteiger partial charge in [-0.1, -0.05) is 44.8 Å². The molecule has 1 N–H and O–H groups in total. The summed E-state index contributed by atoms with van der Waals surface area (Å²) in [5.74, 6) is 0. The number of halogens is 2. The van der Waals surface area contributed by atoms with Crippen LogP contribution >= 0.6 is 31.9 Å². The normalized spacial score (nSPS) is 16.3. The van der Waals surface area contributed by atoms with Crippen molar-refractivity contribution in [3.05, 3.63) is 32.7 Å². The van der Waals surface area contributed by atoms with Crippen LogP contribution in [-0.4, -0.2) is 22.3 Å². The minimum atomic E-state index is -0.732. The van der Waals surface area contributed by atoms with Crippen molar-refractivity contribution in [3.8, 4) is 0 Å². The molecule has 0 aromatic heterocycles. The van der Waals surface area contributed by atoms with Gasteiger partial charge in [-0.05, 0) is 37.6 Å². The maximum absolute atomic E-state index is 11.3. The van der Waals surface area contributed by atoms with Crippen molar-refractivity contribution in [1.82, 2.24) is 5.32 Å². The monoisotopic (exact) mass is 395 g/mol. The molecule has 3 unspecified atom stereocenters. The Hall–Kier alpha value is 0.290. The van der Waals surface area contributed by atoms with Gasteiger partial charge in [0.05, 0.1) is 0 Å².